The van der Waals surface area contributed by atoms with Crippen molar-refractivity contribution >= 4 is 11.3 Å². The van der Waals surface area contributed by atoms with E-state index in [-0.39, 0.29) is 0 Å². The number of thiazole rings is 1. The molecule has 1 N–H and O–H groups in total. The van der Waals surface area contributed by atoms with Crippen LogP contribution in [-0.4, -0.2) is 40.0 Å². The van der Waals surface area contributed by atoms with E-state index < -0.39 is 0 Å². The minimum atomic E-state index is 0.630. The molecule has 2 aliphatic rings. The molecule has 1 saturated carbocycles. The Balaban J connectivity index is 1.32. The topological polar surface area (TPSA) is 41.1 Å². The molecule has 5 heteroatoms. The van der Waals surface area contributed by atoms with Gasteiger partial charge in [-0.1, -0.05) is 6.07 Å². The Bertz CT molecular complexity index is 593. The SMILES string of the molecule is c1ccc(-c2nc(CNC3CCN(C4CC4)C3)cs2)nc1. The van der Waals surface area contributed by atoms with Gasteiger partial charge in [-0.25, -0.2) is 4.98 Å². The van der Waals surface area contributed by atoms with Crippen molar-refractivity contribution in [3.05, 3.63) is 35.5 Å². The molecular weight excluding hydrogens is 280 g/mol. The van der Waals surface area contributed by atoms with Gasteiger partial charge in [-0.3, -0.25) is 9.88 Å². The van der Waals surface area contributed by atoms with E-state index in [2.05, 4.69) is 25.6 Å². The smallest absolute Gasteiger partial charge is 0.142 e. The third-order valence-electron chi connectivity index (χ3n) is 4.29. The predicted molar refractivity (Wildman–Crippen MR) is 85.2 cm³/mol. The Labute approximate surface area is 129 Å². The van der Waals surface area contributed by atoms with Crippen LogP contribution < -0.4 is 5.32 Å². The maximum Gasteiger partial charge on any atom is 0.142 e. The molecule has 21 heavy (non-hydrogen) atoms. The molecule has 0 aromatic carbocycles. The molecule has 3 heterocycles. The second kappa shape index (κ2) is 5.83. The van der Waals surface area contributed by atoms with Crippen LogP contribution in [0, 0.1) is 0 Å². The Morgan fingerprint density at radius 3 is 3.05 bits per heavy atom. The van der Waals surface area contributed by atoms with Gasteiger partial charge in [0.25, 0.3) is 0 Å². The lowest BCUT2D eigenvalue weighted by Crippen LogP contribution is -2.32. The summed E-state index contributed by atoms with van der Waals surface area (Å²) in [6.07, 6.45) is 5.91. The van der Waals surface area contributed by atoms with Crippen molar-refractivity contribution < 1.29 is 0 Å². The fourth-order valence-corrected chi connectivity index (χ4v) is 3.76. The van der Waals surface area contributed by atoms with Crippen LogP contribution in [0.25, 0.3) is 10.7 Å². The summed E-state index contributed by atoms with van der Waals surface area (Å²) in [5, 5.41) is 6.81. The summed E-state index contributed by atoms with van der Waals surface area (Å²) in [7, 11) is 0. The van der Waals surface area contributed by atoms with E-state index in [9.17, 15) is 0 Å². The molecule has 1 unspecified atom stereocenters. The Morgan fingerprint density at radius 1 is 1.29 bits per heavy atom. The van der Waals surface area contributed by atoms with Gasteiger partial charge in [-0.2, -0.15) is 0 Å². The largest absolute Gasteiger partial charge is 0.307 e. The van der Waals surface area contributed by atoms with Crippen molar-refractivity contribution in [2.24, 2.45) is 0 Å². The number of rotatable bonds is 5. The molecule has 4 nitrogen and oxygen atoms in total. The Kier molecular flexibility index (Phi) is 3.71. The van der Waals surface area contributed by atoms with Crippen molar-refractivity contribution in [3.63, 3.8) is 0 Å². The van der Waals surface area contributed by atoms with Gasteiger partial charge in [0.05, 0.1) is 11.4 Å². The molecule has 0 bridgehead atoms. The molecule has 1 aliphatic carbocycles. The van der Waals surface area contributed by atoms with Gasteiger partial charge < -0.3 is 5.32 Å². The van der Waals surface area contributed by atoms with Crippen molar-refractivity contribution in [2.45, 2.75) is 37.9 Å². The normalized spacial score (nSPS) is 22.8. The van der Waals surface area contributed by atoms with Crippen LogP contribution in [-0.2, 0) is 6.54 Å². The van der Waals surface area contributed by atoms with Crippen LogP contribution >= 0.6 is 11.3 Å². The molecule has 2 aromatic rings. The summed E-state index contributed by atoms with van der Waals surface area (Å²) in [6.45, 7) is 3.34. The number of hydrogen-bond donors (Lipinski definition) is 1. The van der Waals surface area contributed by atoms with Crippen LogP contribution in [0.3, 0.4) is 0 Å². The third kappa shape index (κ3) is 3.15. The van der Waals surface area contributed by atoms with Gasteiger partial charge in [-0.05, 0) is 31.4 Å². The summed E-state index contributed by atoms with van der Waals surface area (Å²) in [5.74, 6) is 0. The highest BCUT2D eigenvalue weighted by atomic mass is 32.1. The summed E-state index contributed by atoms with van der Waals surface area (Å²) in [5.41, 5.74) is 2.10. The molecule has 1 aliphatic heterocycles. The van der Waals surface area contributed by atoms with Gasteiger partial charge in [0, 0.05) is 43.3 Å². The number of aromatic nitrogens is 2. The fraction of sp³-hybridized carbons (Fsp3) is 0.500. The first-order chi connectivity index (χ1) is 10.4. The third-order valence-corrected chi connectivity index (χ3v) is 5.20. The highest BCUT2D eigenvalue weighted by Crippen LogP contribution is 2.30. The van der Waals surface area contributed by atoms with Crippen molar-refractivity contribution in [1.82, 2.24) is 20.2 Å². The summed E-state index contributed by atoms with van der Waals surface area (Å²) >= 11 is 1.68. The number of hydrogen-bond acceptors (Lipinski definition) is 5. The maximum absolute atomic E-state index is 4.69. The standard InChI is InChI=1S/C16H20N4S/c1-2-7-17-15(3-1)16-19-13(11-21-16)9-18-12-6-8-20(10-12)14-4-5-14/h1-3,7,11-12,14,18H,4-6,8-10H2. The van der Waals surface area contributed by atoms with E-state index in [0.29, 0.717) is 6.04 Å². The van der Waals surface area contributed by atoms with E-state index in [1.165, 1.54) is 32.4 Å². The van der Waals surface area contributed by atoms with E-state index in [4.69, 9.17) is 0 Å². The molecule has 1 atom stereocenters. The lowest BCUT2D eigenvalue weighted by molar-refractivity contribution is 0.317. The molecule has 0 amide bonds. The first-order valence-electron chi connectivity index (χ1n) is 7.72. The average Bonchev–Trinajstić information content (AvgIpc) is 3.09. The minimum absolute atomic E-state index is 0.630. The molecule has 0 spiro atoms. The number of nitrogens with zero attached hydrogens (tertiary/aromatic N) is 3. The second-order valence-electron chi connectivity index (χ2n) is 5.95. The van der Waals surface area contributed by atoms with Crippen LogP contribution in [0.2, 0.25) is 0 Å². The maximum atomic E-state index is 4.69. The summed E-state index contributed by atoms with van der Waals surface area (Å²) in [6, 6.07) is 7.48. The Hall–Kier alpha value is -1.30. The number of nitrogens with one attached hydrogen (secondary N) is 1. The molecule has 1 saturated heterocycles. The van der Waals surface area contributed by atoms with Crippen LogP contribution in [0.15, 0.2) is 29.8 Å². The first kappa shape index (κ1) is 13.4. The van der Waals surface area contributed by atoms with Gasteiger partial charge in [-0.15, -0.1) is 11.3 Å². The quantitative estimate of drug-likeness (QED) is 0.921. The monoisotopic (exact) mass is 300 g/mol. The van der Waals surface area contributed by atoms with Crippen molar-refractivity contribution in [2.75, 3.05) is 13.1 Å². The van der Waals surface area contributed by atoms with Crippen molar-refractivity contribution in [1.29, 1.82) is 0 Å². The molecule has 0 radical (unpaired) electrons. The first-order valence-corrected chi connectivity index (χ1v) is 8.60. The van der Waals surface area contributed by atoms with E-state index >= 15 is 0 Å². The lowest BCUT2D eigenvalue weighted by atomic mass is 10.2. The molecule has 110 valence electrons. The Morgan fingerprint density at radius 2 is 2.24 bits per heavy atom. The molecule has 2 fully saturated rings. The predicted octanol–water partition coefficient (Wildman–Crippen LogP) is 2.53. The van der Waals surface area contributed by atoms with Crippen LogP contribution in [0.5, 0.6) is 0 Å². The fourth-order valence-electron chi connectivity index (χ4n) is 2.97. The average molecular weight is 300 g/mol. The number of pyridine rings is 1. The molecule has 2 aromatic heterocycles. The summed E-state index contributed by atoms with van der Waals surface area (Å²) in [4.78, 5) is 11.7. The van der Waals surface area contributed by atoms with Gasteiger partial charge in [0.15, 0.2) is 0 Å². The highest BCUT2D eigenvalue weighted by molar-refractivity contribution is 7.13. The van der Waals surface area contributed by atoms with Gasteiger partial charge in [0.2, 0.25) is 0 Å². The lowest BCUT2D eigenvalue weighted by Gasteiger charge is -2.15. The van der Waals surface area contributed by atoms with Gasteiger partial charge in [0.1, 0.15) is 5.01 Å². The van der Waals surface area contributed by atoms with Crippen LogP contribution in [0.1, 0.15) is 25.0 Å². The highest BCUT2D eigenvalue weighted by Gasteiger charge is 2.34. The minimum Gasteiger partial charge on any atom is -0.307 e. The zero-order valence-electron chi connectivity index (χ0n) is 12.0. The zero-order valence-corrected chi connectivity index (χ0v) is 12.9. The van der Waals surface area contributed by atoms with Gasteiger partial charge >= 0.3 is 0 Å². The van der Waals surface area contributed by atoms with E-state index in [0.717, 1.165) is 29.0 Å². The van der Waals surface area contributed by atoms with Crippen molar-refractivity contribution in [3.8, 4) is 10.7 Å². The summed E-state index contributed by atoms with van der Waals surface area (Å²) < 4.78 is 0. The zero-order chi connectivity index (χ0) is 14.1. The molecule has 4 rings (SSSR count). The van der Waals surface area contributed by atoms with E-state index in [1.807, 2.05) is 24.4 Å². The second-order valence-corrected chi connectivity index (χ2v) is 6.81. The van der Waals surface area contributed by atoms with E-state index in [1.54, 1.807) is 11.3 Å². The number of likely N-dealkylation sites (tertiary alicyclic amines) is 1. The molecular formula is C16H20N4S. The van der Waals surface area contributed by atoms with Crippen LogP contribution in [0.4, 0.5) is 0 Å².